The van der Waals surface area contributed by atoms with Gasteiger partial charge in [-0.05, 0) is 187 Å². The van der Waals surface area contributed by atoms with Crippen LogP contribution in [0, 0.1) is 13.8 Å². The molecule has 1 aliphatic rings. The van der Waals surface area contributed by atoms with Crippen molar-refractivity contribution in [3.63, 3.8) is 0 Å². The summed E-state index contributed by atoms with van der Waals surface area (Å²) in [6.45, 7) is 22.7. The SMILES string of the molecule is CC(C)(C)c1cc(-n2c3ccccc3c3cc(N(c4ccc5c(c4)C(C)(C)c4ccccc4-5)c4cccc5c4oc4ccccc45)ccc32)cc(C(C)(C)C)c1.Cc1ccc(-c2cc(-c3nc(-c4ccccc4)nc(-c4ccccc4)n3)cc(-c3cc4ccccc4c4ccccc34)c2)c(C)n1. The molecule has 0 saturated heterocycles. The summed E-state index contributed by atoms with van der Waals surface area (Å²) >= 11 is 0. The third kappa shape index (κ3) is 11.2. The second-order valence-corrected chi connectivity index (χ2v) is 29.9. The average molecular weight is 1320 g/mol. The highest BCUT2D eigenvalue weighted by Crippen LogP contribution is 2.52. The Morgan fingerprint density at radius 1 is 0.353 bits per heavy atom. The van der Waals surface area contributed by atoms with Gasteiger partial charge in [-0.2, -0.15) is 0 Å². The van der Waals surface area contributed by atoms with Crippen molar-refractivity contribution in [1.82, 2.24) is 24.5 Å². The molecule has 0 radical (unpaired) electrons. The predicted molar refractivity (Wildman–Crippen MR) is 427 cm³/mol. The topological polar surface area (TPSA) is 72.9 Å². The fourth-order valence-corrected chi connectivity index (χ4v) is 15.4. The number of hydrogen-bond donors (Lipinski definition) is 0. The predicted octanol–water partition coefficient (Wildman–Crippen LogP) is 25.6. The Kier molecular flexibility index (Phi) is 15.3. The van der Waals surface area contributed by atoms with Gasteiger partial charge in [0.2, 0.25) is 0 Å². The minimum Gasteiger partial charge on any atom is -0.454 e. The smallest absolute Gasteiger partial charge is 0.164 e. The molecule has 0 aliphatic heterocycles. The van der Waals surface area contributed by atoms with Crippen LogP contribution in [0.15, 0.2) is 296 Å². The van der Waals surface area contributed by atoms with Crippen molar-refractivity contribution >= 4 is 82.4 Å². The lowest BCUT2D eigenvalue weighted by Crippen LogP contribution is -2.17. The molecule has 4 aromatic heterocycles. The third-order valence-corrected chi connectivity index (χ3v) is 20.8. The summed E-state index contributed by atoms with van der Waals surface area (Å²) < 4.78 is 9.21. The average Bonchev–Trinajstić information content (AvgIpc) is 1.54. The number of aromatic nitrogens is 5. The molecule has 0 fully saturated rings. The van der Waals surface area contributed by atoms with E-state index < -0.39 is 0 Å². The number of pyridine rings is 1. The van der Waals surface area contributed by atoms with Crippen LogP contribution in [-0.4, -0.2) is 24.5 Å². The summed E-state index contributed by atoms with van der Waals surface area (Å²) in [6, 6.07) is 105. The number of fused-ring (bicyclic) bond motifs is 12. The van der Waals surface area contributed by atoms with Gasteiger partial charge < -0.3 is 13.9 Å². The van der Waals surface area contributed by atoms with Crippen LogP contribution in [0.4, 0.5) is 17.1 Å². The standard InChI is InChI=1S/C53H48N2O.C42H30N4/c1-51(2,3)33-28-34(52(4,5)6)30-37(29-33)55-46-21-13-10-17-40(46)43-31-35(25-27-47(43)55)54(48-22-15-19-42-41-18-11-14-23-49(41)56-50(42)48)36-24-26-39-38-16-9-12-20-44(38)53(7,8)45(39)32-36;1-27-21-22-35(28(2)43-27)32-23-33(39-26-31-17-9-10-18-36(31)37-19-11-12-20-38(37)39)25-34(24-32)42-45-40(29-13-5-3-6-14-29)44-41(46-42)30-15-7-4-8-16-30/h9-32H,1-8H3;3-26H,1-2H3. The Labute approximate surface area is 596 Å². The Morgan fingerprint density at radius 3 is 1.58 bits per heavy atom. The lowest BCUT2D eigenvalue weighted by Gasteiger charge is -2.28. The molecular weight excluding hydrogens is 1240 g/mol. The summed E-state index contributed by atoms with van der Waals surface area (Å²) in [7, 11) is 0. The highest BCUT2D eigenvalue weighted by Gasteiger charge is 2.36. The quantitative estimate of drug-likeness (QED) is 0.134. The van der Waals surface area contributed by atoms with E-state index in [1.165, 1.54) is 82.4 Å². The first-order valence-corrected chi connectivity index (χ1v) is 35.4. The van der Waals surface area contributed by atoms with Gasteiger partial charge in [-0.15, -0.1) is 0 Å². The van der Waals surface area contributed by atoms with E-state index >= 15 is 0 Å². The fraction of sp³-hybridized carbons (Fsp3) is 0.137. The molecule has 0 amide bonds. The molecule has 0 spiro atoms. The summed E-state index contributed by atoms with van der Waals surface area (Å²) in [5.41, 5.74) is 25.7. The number of benzene rings is 13. The lowest BCUT2D eigenvalue weighted by molar-refractivity contribution is 0.568. The van der Waals surface area contributed by atoms with Crippen LogP contribution in [0.5, 0.6) is 0 Å². The second kappa shape index (κ2) is 24.7. The molecule has 7 heteroatoms. The Bertz CT molecular complexity index is 6070. The van der Waals surface area contributed by atoms with Gasteiger partial charge in [0.15, 0.2) is 23.1 Å². The largest absolute Gasteiger partial charge is 0.454 e. The number of rotatable bonds is 9. The van der Waals surface area contributed by atoms with Gasteiger partial charge in [0.25, 0.3) is 0 Å². The van der Waals surface area contributed by atoms with Gasteiger partial charge in [-0.1, -0.05) is 256 Å². The molecule has 7 nitrogen and oxygen atoms in total. The minimum absolute atomic E-state index is 0.00586. The van der Waals surface area contributed by atoms with Crippen LogP contribution in [-0.2, 0) is 16.2 Å². The Hall–Kier alpha value is -12.1. The van der Waals surface area contributed by atoms with E-state index in [1.807, 2.05) is 73.7 Å². The van der Waals surface area contributed by atoms with E-state index in [0.717, 1.165) is 89.3 Å². The first-order chi connectivity index (χ1) is 49.4. The highest BCUT2D eigenvalue weighted by atomic mass is 16.3. The van der Waals surface area contributed by atoms with Crippen molar-refractivity contribution in [2.45, 2.75) is 85.5 Å². The zero-order valence-corrected chi connectivity index (χ0v) is 59.3. The molecule has 102 heavy (non-hydrogen) atoms. The van der Waals surface area contributed by atoms with E-state index in [2.05, 4.69) is 296 Å². The van der Waals surface area contributed by atoms with Crippen molar-refractivity contribution in [3.8, 4) is 73.2 Å². The molecule has 13 aromatic carbocycles. The molecule has 0 bridgehead atoms. The van der Waals surface area contributed by atoms with E-state index in [0.29, 0.717) is 17.5 Å². The van der Waals surface area contributed by atoms with Crippen molar-refractivity contribution in [1.29, 1.82) is 0 Å². The first kappa shape index (κ1) is 63.4. The summed E-state index contributed by atoms with van der Waals surface area (Å²) in [4.78, 5) is 22.3. The van der Waals surface area contributed by atoms with Crippen LogP contribution < -0.4 is 4.90 Å². The Balaban J connectivity index is 0.000000155. The molecule has 0 atom stereocenters. The number of nitrogens with zero attached hydrogens (tertiary/aromatic N) is 6. The number of anilines is 3. The second-order valence-electron chi connectivity index (χ2n) is 29.9. The molecule has 1 aliphatic carbocycles. The molecule has 494 valence electrons. The minimum atomic E-state index is -0.135. The molecule has 18 rings (SSSR count). The van der Waals surface area contributed by atoms with Crippen molar-refractivity contribution in [2.75, 3.05) is 4.90 Å². The van der Waals surface area contributed by atoms with Crippen molar-refractivity contribution in [3.05, 3.63) is 325 Å². The van der Waals surface area contributed by atoms with Gasteiger partial charge in [0.1, 0.15) is 5.58 Å². The number of furan rings is 1. The van der Waals surface area contributed by atoms with Crippen molar-refractivity contribution < 1.29 is 4.42 Å². The van der Waals surface area contributed by atoms with Gasteiger partial charge in [0.05, 0.1) is 16.7 Å². The van der Waals surface area contributed by atoms with Crippen LogP contribution >= 0.6 is 0 Å². The zero-order chi connectivity index (χ0) is 69.8. The van der Waals surface area contributed by atoms with Crippen LogP contribution in [0.3, 0.4) is 0 Å². The normalized spacial score (nSPS) is 12.7. The summed E-state index contributed by atoms with van der Waals surface area (Å²) in [5.74, 6) is 1.90. The Morgan fingerprint density at radius 2 is 0.882 bits per heavy atom. The molecule has 4 heterocycles. The van der Waals surface area contributed by atoms with Gasteiger partial charge in [-0.3, -0.25) is 4.98 Å². The summed E-state index contributed by atoms with van der Waals surface area (Å²) in [6.07, 6.45) is 0. The number of para-hydroxylation sites is 3. The molecule has 0 N–H and O–H groups in total. The number of hydrogen-bond acceptors (Lipinski definition) is 6. The zero-order valence-electron chi connectivity index (χ0n) is 59.3. The molecule has 0 unspecified atom stereocenters. The van der Waals surface area contributed by atoms with Crippen LogP contribution in [0.25, 0.3) is 139 Å². The maximum atomic E-state index is 6.74. The fourth-order valence-electron chi connectivity index (χ4n) is 15.4. The lowest BCUT2D eigenvalue weighted by atomic mass is 9.80. The van der Waals surface area contributed by atoms with Gasteiger partial charge >= 0.3 is 0 Å². The maximum absolute atomic E-state index is 6.74. The van der Waals surface area contributed by atoms with E-state index in [-0.39, 0.29) is 16.2 Å². The van der Waals surface area contributed by atoms with Gasteiger partial charge in [-0.25, -0.2) is 15.0 Å². The molecule has 17 aromatic rings. The monoisotopic (exact) mass is 1320 g/mol. The van der Waals surface area contributed by atoms with Crippen molar-refractivity contribution in [2.24, 2.45) is 0 Å². The molecule has 0 saturated carbocycles. The van der Waals surface area contributed by atoms with Crippen LogP contribution in [0.1, 0.15) is 89.0 Å². The highest BCUT2D eigenvalue weighted by molar-refractivity contribution is 6.15. The third-order valence-electron chi connectivity index (χ3n) is 20.8. The maximum Gasteiger partial charge on any atom is 0.164 e. The van der Waals surface area contributed by atoms with E-state index in [4.69, 9.17) is 24.4 Å². The van der Waals surface area contributed by atoms with Gasteiger partial charge in [0, 0.05) is 77.7 Å². The van der Waals surface area contributed by atoms with Crippen LogP contribution in [0.2, 0.25) is 0 Å². The number of aryl methyl sites for hydroxylation is 2. The molecular formula is C95H78N6O. The van der Waals surface area contributed by atoms with E-state index in [9.17, 15) is 0 Å². The first-order valence-electron chi connectivity index (χ1n) is 35.4. The van der Waals surface area contributed by atoms with E-state index in [1.54, 1.807) is 0 Å². The summed E-state index contributed by atoms with van der Waals surface area (Å²) in [5, 5.41) is 9.57.